The van der Waals surface area contributed by atoms with Gasteiger partial charge in [-0.2, -0.15) is 0 Å². The van der Waals surface area contributed by atoms with Crippen LogP contribution in [-0.2, 0) is 6.54 Å². The first-order valence-corrected chi connectivity index (χ1v) is 9.17. The molecule has 0 saturated carbocycles. The van der Waals surface area contributed by atoms with Gasteiger partial charge in [0.2, 0.25) is 0 Å². The van der Waals surface area contributed by atoms with E-state index in [0.29, 0.717) is 18.0 Å². The van der Waals surface area contributed by atoms with Gasteiger partial charge in [0.05, 0.1) is 0 Å². The van der Waals surface area contributed by atoms with Gasteiger partial charge in [-0.3, -0.25) is 9.79 Å². The maximum Gasteiger partial charge on any atom is 0.253 e. The molecule has 2 rings (SSSR count). The monoisotopic (exact) mass is 358 g/mol. The average Bonchev–Trinajstić information content (AvgIpc) is 3.16. The second-order valence-corrected chi connectivity index (χ2v) is 7.10. The van der Waals surface area contributed by atoms with Crippen molar-refractivity contribution in [2.24, 2.45) is 4.99 Å². The van der Waals surface area contributed by atoms with Crippen LogP contribution in [0.3, 0.4) is 0 Å². The minimum atomic E-state index is 0.0135. The standard InChI is InChI=1S/C19H26N4OS/c1-14(17-6-5-11-25-17)12-21-19(20-2)22-13-15-7-9-16(10-8-15)18(24)23(3)4/h5-11,14H,12-13H2,1-4H3,(H2,20,21,22). The number of aliphatic imine (C=N–C) groups is 1. The molecule has 0 saturated heterocycles. The van der Waals surface area contributed by atoms with Crippen LogP contribution < -0.4 is 10.6 Å². The Morgan fingerprint density at radius 1 is 1.20 bits per heavy atom. The molecule has 2 aromatic rings. The summed E-state index contributed by atoms with van der Waals surface area (Å²) >= 11 is 1.77. The summed E-state index contributed by atoms with van der Waals surface area (Å²) in [6.07, 6.45) is 0. The molecule has 0 aliphatic carbocycles. The van der Waals surface area contributed by atoms with Gasteiger partial charge in [-0.25, -0.2) is 0 Å². The number of nitrogens with zero attached hydrogens (tertiary/aromatic N) is 2. The molecule has 25 heavy (non-hydrogen) atoms. The van der Waals surface area contributed by atoms with E-state index in [9.17, 15) is 4.79 Å². The summed E-state index contributed by atoms with van der Waals surface area (Å²) in [5.74, 6) is 1.23. The zero-order chi connectivity index (χ0) is 18.2. The molecular formula is C19H26N4OS. The molecule has 1 unspecified atom stereocenters. The van der Waals surface area contributed by atoms with Crippen LogP contribution in [0.5, 0.6) is 0 Å². The van der Waals surface area contributed by atoms with Crippen LogP contribution in [0.4, 0.5) is 0 Å². The van der Waals surface area contributed by atoms with Crippen molar-refractivity contribution in [3.63, 3.8) is 0 Å². The van der Waals surface area contributed by atoms with Crippen LogP contribution >= 0.6 is 11.3 Å². The highest BCUT2D eigenvalue weighted by Crippen LogP contribution is 2.19. The SMILES string of the molecule is CN=C(NCc1ccc(C(=O)N(C)C)cc1)NCC(C)c1cccs1. The average molecular weight is 359 g/mol. The van der Waals surface area contributed by atoms with E-state index in [1.54, 1.807) is 37.4 Å². The number of nitrogens with one attached hydrogen (secondary N) is 2. The molecule has 1 aromatic heterocycles. The largest absolute Gasteiger partial charge is 0.356 e. The molecule has 0 aliphatic rings. The highest BCUT2D eigenvalue weighted by atomic mass is 32.1. The minimum Gasteiger partial charge on any atom is -0.356 e. The zero-order valence-corrected chi connectivity index (χ0v) is 16.1. The number of benzene rings is 1. The smallest absolute Gasteiger partial charge is 0.253 e. The molecule has 134 valence electrons. The Bertz CT molecular complexity index is 693. The van der Waals surface area contributed by atoms with Crippen LogP contribution in [0.25, 0.3) is 0 Å². The van der Waals surface area contributed by atoms with Crippen molar-refractivity contribution in [3.05, 3.63) is 57.8 Å². The van der Waals surface area contributed by atoms with Gasteiger partial charge in [0.15, 0.2) is 5.96 Å². The Balaban J connectivity index is 1.83. The van der Waals surface area contributed by atoms with Crippen molar-refractivity contribution in [2.45, 2.75) is 19.4 Å². The highest BCUT2D eigenvalue weighted by molar-refractivity contribution is 7.10. The van der Waals surface area contributed by atoms with Gasteiger partial charge in [-0.1, -0.05) is 25.1 Å². The normalized spacial score (nSPS) is 12.6. The lowest BCUT2D eigenvalue weighted by Gasteiger charge is -2.15. The Hall–Kier alpha value is -2.34. The van der Waals surface area contributed by atoms with E-state index < -0.39 is 0 Å². The maximum atomic E-state index is 11.9. The molecule has 0 spiro atoms. The molecule has 1 heterocycles. The van der Waals surface area contributed by atoms with Gasteiger partial charge in [0.25, 0.3) is 5.91 Å². The molecule has 1 aromatic carbocycles. The van der Waals surface area contributed by atoms with E-state index in [4.69, 9.17) is 0 Å². The fourth-order valence-corrected chi connectivity index (χ4v) is 3.14. The number of amides is 1. The van der Waals surface area contributed by atoms with Gasteiger partial charge in [-0.15, -0.1) is 11.3 Å². The lowest BCUT2D eigenvalue weighted by Crippen LogP contribution is -2.38. The number of hydrogen-bond acceptors (Lipinski definition) is 3. The summed E-state index contributed by atoms with van der Waals surface area (Å²) in [5, 5.41) is 8.76. The predicted octanol–water partition coefficient (Wildman–Crippen LogP) is 2.92. The summed E-state index contributed by atoms with van der Waals surface area (Å²) < 4.78 is 0. The molecule has 0 aliphatic heterocycles. The first-order valence-electron chi connectivity index (χ1n) is 8.29. The van der Waals surface area contributed by atoms with Crippen molar-refractivity contribution in [1.29, 1.82) is 0 Å². The number of guanidine groups is 1. The summed E-state index contributed by atoms with van der Waals surface area (Å²) in [6, 6.07) is 11.9. The van der Waals surface area contributed by atoms with E-state index in [-0.39, 0.29) is 5.91 Å². The summed E-state index contributed by atoms with van der Waals surface area (Å²) in [5.41, 5.74) is 1.80. The third-order valence-electron chi connectivity index (χ3n) is 3.90. The zero-order valence-electron chi connectivity index (χ0n) is 15.2. The van der Waals surface area contributed by atoms with Crippen LogP contribution in [0.1, 0.15) is 33.6 Å². The minimum absolute atomic E-state index is 0.0135. The van der Waals surface area contributed by atoms with E-state index in [1.807, 2.05) is 24.3 Å². The molecule has 1 atom stereocenters. The Kier molecular flexibility index (Phi) is 7.01. The summed E-state index contributed by atoms with van der Waals surface area (Å²) in [4.78, 5) is 19.1. The van der Waals surface area contributed by atoms with Gasteiger partial charge in [0.1, 0.15) is 0 Å². The third-order valence-corrected chi connectivity index (χ3v) is 5.00. The van der Waals surface area contributed by atoms with E-state index in [1.165, 1.54) is 4.88 Å². The Morgan fingerprint density at radius 3 is 2.48 bits per heavy atom. The molecule has 0 fully saturated rings. The van der Waals surface area contributed by atoms with Crippen LogP contribution in [0, 0.1) is 0 Å². The van der Waals surface area contributed by atoms with E-state index in [0.717, 1.165) is 18.1 Å². The highest BCUT2D eigenvalue weighted by Gasteiger charge is 2.09. The van der Waals surface area contributed by atoms with Crippen LogP contribution in [0.2, 0.25) is 0 Å². The van der Waals surface area contributed by atoms with Crippen molar-refractivity contribution < 1.29 is 4.79 Å². The predicted molar refractivity (Wildman–Crippen MR) is 105 cm³/mol. The van der Waals surface area contributed by atoms with Gasteiger partial charge in [0, 0.05) is 50.6 Å². The van der Waals surface area contributed by atoms with Crippen molar-refractivity contribution in [3.8, 4) is 0 Å². The van der Waals surface area contributed by atoms with Crippen LogP contribution in [-0.4, -0.2) is 44.5 Å². The van der Waals surface area contributed by atoms with Gasteiger partial charge >= 0.3 is 0 Å². The fraction of sp³-hybridized carbons (Fsp3) is 0.368. The van der Waals surface area contributed by atoms with Crippen molar-refractivity contribution in [1.82, 2.24) is 15.5 Å². The second-order valence-electron chi connectivity index (χ2n) is 6.12. The first kappa shape index (κ1) is 19.0. The number of carbonyl (C=O) groups is 1. The fourth-order valence-electron chi connectivity index (χ4n) is 2.35. The molecule has 0 bridgehead atoms. The van der Waals surface area contributed by atoms with Crippen molar-refractivity contribution >= 4 is 23.2 Å². The molecule has 1 amide bonds. The quantitative estimate of drug-likeness (QED) is 0.617. The first-order chi connectivity index (χ1) is 12.0. The lowest BCUT2D eigenvalue weighted by molar-refractivity contribution is 0.0827. The molecule has 6 heteroatoms. The molecular weight excluding hydrogens is 332 g/mol. The van der Waals surface area contributed by atoms with Crippen molar-refractivity contribution in [2.75, 3.05) is 27.7 Å². The molecule has 5 nitrogen and oxygen atoms in total. The number of hydrogen-bond donors (Lipinski definition) is 2. The summed E-state index contributed by atoms with van der Waals surface area (Å²) in [6.45, 7) is 3.69. The summed E-state index contributed by atoms with van der Waals surface area (Å²) in [7, 11) is 5.28. The van der Waals surface area contributed by atoms with Crippen LogP contribution in [0.15, 0.2) is 46.8 Å². The number of carbonyl (C=O) groups excluding carboxylic acids is 1. The Morgan fingerprint density at radius 2 is 1.92 bits per heavy atom. The lowest BCUT2D eigenvalue weighted by atomic mass is 10.1. The Labute approximate surface area is 153 Å². The topological polar surface area (TPSA) is 56.7 Å². The third kappa shape index (κ3) is 5.60. The second kappa shape index (κ2) is 9.22. The molecule has 2 N–H and O–H groups in total. The van der Waals surface area contributed by atoms with E-state index in [2.05, 4.69) is 40.1 Å². The maximum absolute atomic E-state index is 11.9. The van der Waals surface area contributed by atoms with E-state index >= 15 is 0 Å². The molecule has 0 radical (unpaired) electrons. The van der Waals surface area contributed by atoms with Gasteiger partial charge in [-0.05, 0) is 29.1 Å². The number of rotatable bonds is 6. The number of thiophene rings is 1. The van der Waals surface area contributed by atoms with Gasteiger partial charge < -0.3 is 15.5 Å².